The zero-order chi connectivity index (χ0) is 27.5. The van der Waals surface area contributed by atoms with Gasteiger partial charge in [-0.2, -0.15) is 0 Å². The Bertz CT molecular complexity index is 1380. The van der Waals surface area contributed by atoms with Crippen molar-refractivity contribution in [3.8, 4) is 0 Å². The van der Waals surface area contributed by atoms with Crippen molar-refractivity contribution >= 4 is 34.9 Å². The van der Waals surface area contributed by atoms with Gasteiger partial charge >= 0.3 is 5.97 Å². The average molecular weight is 530 g/mol. The summed E-state index contributed by atoms with van der Waals surface area (Å²) in [5.41, 5.74) is 2.99. The van der Waals surface area contributed by atoms with Crippen molar-refractivity contribution in [1.29, 1.82) is 0 Å². The van der Waals surface area contributed by atoms with Crippen molar-refractivity contribution in [1.82, 2.24) is 4.90 Å². The molecule has 1 unspecified atom stereocenters. The van der Waals surface area contributed by atoms with Gasteiger partial charge in [0.1, 0.15) is 5.82 Å². The Morgan fingerprint density at radius 1 is 0.821 bits per heavy atom. The molecule has 8 nitrogen and oxygen atoms in total. The number of amides is 2. The van der Waals surface area contributed by atoms with Gasteiger partial charge in [-0.3, -0.25) is 19.3 Å². The fourth-order valence-electron chi connectivity index (χ4n) is 4.90. The molecule has 5 rings (SSSR count). The molecule has 0 radical (unpaired) electrons. The number of ether oxygens (including phenoxy) is 1. The molecule has 0 saturated carbocycles. The van der Waals surface area contributed by atoms with E-state index in [0.29, 0.717) is 37.4 Å². The first kappa shape index (κ1) is 26.2. The maximum atomic E-state index is 13.2. The second kappa shape index (κ2) is 11.2. The number of halogens is 1. The number of aryl methyl sites for hydroxylation is 1. The lowest BCUT2D eigenvalue weighted by Crippen LogP contribution is -2.52. The number of carbonyl (C=O) groups is 4. The lowest BCUT2D eigenvalue weighted by Gasteiger charge is -2.38. The summed E-state index contributed by atoms with van der Waals surface area (Å²) in [6, 6.07) is 18.8. The highest BCUT2D eigenvalue weighted by Crippen LogP contribution is 2.27. The number of imide groups is 1. The molecule has 1 atom stereocenters. The first-order valence-electron chi connectivity index (χ1n) is 12.8. The molecule has 0 aliphatic carbocycles. The maximum absolute atomic E-state index is 13.2. The Balaban J connectivity index is 1.17. The van der Waals surface area contributed by atoms with Crippen LogP contribution in [0, 0.1) is 12.7 Å². The Hall–Kier alpha value is -4.37. The number of esters is 1. The van der Waals surface area contributed by atoms with Gasteiger partial charge in [-0.1, -0.05) is 29.8 Å². The molecule has 3 aromatic rings. The second-order valence-electron chi connectivity index (χ2n) is 9.70. The van der Waals surface area contributed by atoms with E-state index in [1.807, 2.05) is 24.0 Å². The molecule has 2 amide bonds. The van der Waals surface area contributed by atoms with Crippen molar-refractivity contribution in [2.45, 2.75) is 19.4 Å². The molecule has 0 bridgehead atoms. The molecule has 2 saturated heterocycles. The number of hydrogen-bond acceptors (Lipinski definition) is 7. The van der Waals surface area contributed by atoms with Gasteiger partial charge in [-0.15, -0.1) is 0 Å². The molecule has 0 spiro atoms. The van der Waals surface area contributed by atoms with E-state index in [1.165, 1.54) is 36.4 Å². The largest absolute Gasteiger partial charge is 0.454 e. The van der Waals surface area contributed by atoms with Crippen LogP contribution in [0.1, 0.15) is 32.7 Å². The van der Waals surface area contributed by atoms with E-state index in [4.69, 9.17) is 4.74 Å². The molecule has 200 valence electrons. The van der Waals surface area contributed by atoms with Crippen LogP contribution in [0.25, 0.3) is 0 Å². The monoisotopic (exact) mass is 529 g/mol. The normalized spacial score (nSPS) is 17.9. The van der Waals surface area contributed by atoms with E-state index in [2.05, 4.69) is 4.90 Å². The van der Waals surface area contributed by atoms with Crippen LogP contribution in [-0.4, -0.2) is 67.3 Å². The summed E-state index contributed by atoms with van der Waals surface area (Å²) in [6.07, 6.45) is 0.0836. The Morgan fingerprint density at radius 2 is 1.41 bits per heavy atom. The van der Waals surface area contributed by atoms with E-state index < -0.39 is 12.0 Å². The molecule has 0 N–H and O–H groups in total. The minimum Gasteiger partial charge on any atom is -0.454 e. The quantitative estimate of drug-likeness (QED) is 0.262. The van der Waals surface area contributed by atoms with E-state index in [-0.39, 0.29) is 42.0 Å². The van der Waals surface area contributed by atoms with Crippen molar-refractivity contribution in [3.63, 3.8) is 0 Å². The molecule has 9 heteroatoms. The molecule has 2 aliphatic rings. The lowest BCUT2D eigenvalue weighted by molar-refractivity contribution is -0.123. The summed E-state index contributed by atoms with van der Waals surface area (Å²) >= 11 is 0. The molecule has 2 heterocycles. The van der Waals surface area contributed by atoms with E-state index >= 15 is 0 Å². The fraction of sp³-hybridized carbons (Fsp3) is 0.267. The molecule has 0 aromatic heterocycles. The number of hydrogen-bond donors (Lipinski definition) is 0. The van der Waals surface area contributed by atoms with E-state index in [0.717, 1.165) is 16.2 Å². The van der Waals surface area contributed by atoms with Gasteiger partial charge in [0.25, 0.3) is 5.91 Å². The van der Waals surface area contributed by atoms with Crippen molar-refractivity contribution in [3.05, 3.63) is 95.3 Å². The van der Waals surface area contributed by atoms with E-state index in [1.54, 1.807) is 24.3 Å². The van der Waals surface area contributed by atoms with E-state index in [9.17, 15) is 23.6 Å². The van der Waals surface area contributed by atoms with Gasteiger partial charge in [0.2, 0.25) is 5.91 Å². The second-order valence-corrected chi connectivity index (χ2v) is 9.70. The average Bonchev–Trinajstić information content (AvgIpc) is 3.26. The third kappa shape index (κ3) is 5.73. The maximum Gasteiger partial charge on any atom is 0.338 e. The number of nitrogens with zero attached hydrogens (tertiary/aromatic N) is 3. The van der Waals surface area contributed by atoms with Gasteiger partial charge in [-0.05, 0) is 55.5 Å². The highest BCUT2D eigenvalue weighted by Gasteiger charge is 2.43. The molecule has 3 aromatic carbocycles. The van der Waals surface area contributed by atoms with Crippen LogP contribution in [0.5, 0.6) is 0 Å². The van der Waals surface area contributed by atoms with Crippen LogP contribution in [0.15, 0.2) is 72.8 Å². The van der Waals surface area contributed by atoms with Crippen LogP contribution in [0.2, 0.25) is 0 Å². The highest BCUT2D eigenvalue weighted by molar-refractivity contribution is 6.22. The molecular formula is C30H28FN3O5. The van der Waals surface area contributed by atoms with Crippen LogP contribution in [-0.2, 0) is 14.3 Å². The molecule has 2 fully saturated rings. The van der Waals surface area contributed by atoms with Gasteiger partial charge in [0.15, 0.2) is 12.4 Å². The number of rotatable bonds is 7. The van der Waals surface area contributed by atoms with Crippen LogP contribution in [0.3, 0.4) is 0 Å². The Kier molecular flexibility index (Phi) is 7.51. The number of ketones is 1. The summed E-state index contributed by atoms with van der Waals surface area (Å²) in [4.78, 5) is 56.1. The predicted octanol–water partition coefficient (Wildman–Crippen LogP) is 3.63. The highest BCUT2D eigenvalue weighted by atomic mass is 19.1. The van der Waals surface area contributed by atoms with Crippen molar-refractivity contribution in [2.24, 2.45) is 0 Å². The minimum absolute atomic E-state index is 0.0836. The van der Waals surface area contributed by atoms with Gasteiger partial charge in [-0.25, -0.2) is 14.1 Å². The van der Waals surface area contributed by atoms with Gasteiger partial charge in [0, 0.05) is 37.4 Å². The summed E-state index contributed by atoms with van der Waals surface area (Å²) in [5, 5.41) is 0. The molecule has 39 heavy (non-hydrogen) atoms. The first-order valence-corrected chi connectivity index (χ1v) is 12.8. The predicted molar refractivity (Wildman–Crippen MR) is 143 cm³/mol. The Morgan fingerprint density at radius 3 is 2.05 bits per heavy atom. The number of Topliss-reactive ketones (excluding diaryl/α,β-unsaturated/α-hetero) is 1. The molecule has 2 aliphatic heterocycles. The van der Waals surface area contributed by atoms with Crippen molar-refractivity contribution in [2.75, 3.05) is 42.6 Å². The topological polar surface area (TPSA) is 87.2 Å². The van der Waals surface area contributed by atoms with Gasteiger partial charge < -0.3 is 9.64 Å². The number of carbonyl (C=O) groups excluding carboxylic acids is 4. The SMILES string of the molecule is Cc1ccc(C(=O)COC(=O)c2ccc(N3C(=O)CC(N4CCN(c5ccc(F)cc5)CC4)C3=O)cc2)cc1. The lowest BCUT2D eigenvalue weighted by atomic mass is 10.1. The first-order chi connectivity index (χ1) is 18.8. The standard InChI is InChI=1S/C30H28FN3O5/c1-20-2-4-21(5-3-20)27(35)19-39-30(38)22-6-10-25(11-7-22)34-28(36)18-26(29(34)37)33-16-14-32(15-17-33)24-12-8-23(31)9-13-24/h2-13,26H,14-19H2,1H3. The molecular weight excluding hydrogens is 501 g/mol. The third-order valence-corrected chi connectivity index (χ3v) is 7.14. The van der Waals surface area contributed by atoms with Crippen molar-refractivity contribution < 1.29 is 28.3 Å². The summed E-state index contributed by atoms with van der Waals surface area (Å²) in [6.45, 7) is 4.05. The van der Waals surface area contributed by atoms with Crippen LogP contribution >= 0.6 is 0 Å². The fourth-order valence-corrected chi connectivity index (χ4v) is 4.90. The van der Waals surface area contributed by atoms with Crippen LogP contribution in [0.4, 0.5) is 15.8 Å². The number of anilines is 2. The minimum atomic E-state index is -0.669. The third-order valence-electron chi connectivity index (χ3n) is 7.14. The Labute approximate surface area is 225 Å². The number of benzene rings is 3. The summed E-state index contributed by atoms with van der Waals surface area (Å²) in [5.74, 6) is -1.86. The van der Waals surface area contributed by atoms with Crippen LogP contribution < -0.4 is 9.80 Å². The zero-order valence-electron chi connectivity index (χ0n) is 21.5. The smallest absolute Gasteiger partial charge is 0.338 e. The number of piperazine rings is 1. The van der Waals surface area contributed by atoms with Gasteiger partial charge in [0.05, 0.1) is 23.7 Å². The summed E-state index contributed by atoms with van der Waals surface area (Å²) < 4.78 is 18.4. The summed E-state index contributed by atoms with van der Waals surface area (Å²) in [7, 11) is 0. The zero-order valence-corrected chi connectivity index (χ0v) is 21.5.